The van der Waals surface area contributed by atoms with Gasteiger partial charge in [0, 0.05) is 38.9 Å². The molecule has 4 saturated heterocycles. The number of hydrogen-bond acceptors (Lipinski definition) is 16. The molecule has 0 aliphatic carbocycles. The fourth-order valence-electron chi connectivity index (χ4n) is 5.25. The molecule has 4 bridgehead atoms. The summed E-state index contributed by atoms with van der Waals surface area (Å²) in [5, 5.41) is 55.8. The second kappa shape index (κ2) is 16.5. The van der Waals surface area contributed by atoms with Crippen LogP contribution in [0.1, 0.15) is 45.4 Å². The lowest BCUT2D eigenvalue weighted by atomic mass is 9.98. The van der Waals surface area contributed by atoms with Crippen molar-refractivity contribution >= 4 is 23.7 Å². The molecule has 4 fully saturated rings. The summed E-state index contributed by atoms with van der Waals surface area (Å²) in [4.78, 5) is 54.1. The first-order valence-corrected chi connectivity index (χ1v) is 15.1. The number of fused-ring (bicyclic) bond motifs is 4. The Bertz CT molecular complexity index is 1020. The number of hydroxylamine groups is 2. The van der Waals surface area contributed by atoms with Crippen LogP contribution in [0.3, 0.4) is 0 Å². The number of carbonyl (C=O) groups is 4. The molecule has 0 radical (unpaired) electrons. The minimum Gasteiger partial charge on any atom is -0.388 e. The van der Waals surface area contributed by atoms with Gasteiger partial charge in [0.05, 0.1) is 25.9 Å². The summed E-state index contributed by atoms with van der Waals surface area (Å²) >= 11 is 0. The predicted molar refractivity (Wildman–Crippen MR) is 145 cm³/mol. The predicted octanol–water partition coefficient (Wildman–Crippen LogP) is -3.76. The Kier molecular flexibility index (Phi) is 13.0. The third-order valence-electron chi connectivity index (χ3n) is 7.92. The van der Waals surface area contributed by atoms with Crippen LogP contribution in [0.15, 0.2) is 0 Å². The summed E-state index contributed by atoms with van der Waals surface area (Å²) in [6.45, 7) is 2.13. The number of rotatable bonds is 9. The van der Waals surface area contributed by atoms with Crippen molar-refractivity contribution in [3.63, 3.8) is 0 Å². The molecule has 45 heavy (non-hydrogen) atoms. The fourth-order valence-corrected chi connectivity index (χ4v) is 5.25. The van der Waals surface area contributed by atoms with Crippen molar-refractivity contribution in [3.05, 3.63) is 0 Å². The number of imide groups is 1. The Morgan fingerprint density at radius 2 is 1.42 bits per heavy atom. The summed E-state index contributed by atoms with van der Waals surface area (Å²) in [6, 6.07) is 0. The van der Waals surface area contributed by atoms with Gasteiger partial charge in [-0.15, -0.1) is 5.06 Å². The lowest BCUT2D eigenvalue weighted by Crippen LogP contribution is -2.64. The van der Waals surface area contributed by atoms with E-state index in [0.29, 0.717) is 30.9 Å². The van der Waals surface area contributed by atoms with Crippen LogP contribution in [0.25, 0.3) is 0 Å². The van der Waals surface area contributed by atoms with Crippen LogP contribution in [0.5, 0.6) is 0 Å². The van der Waals surface area contributed by atoms with Gasteiger partial charge in [-0.25, -0.2) is 4.79 Å². The topological polar surface area (TPSA) is 243 Å². The van der Waals surface area contributed by atoms with Crippen molar-refractivity contribution in [2.45, 2.75) is 107 Å². The number of ether oxygens (including phenoxy) is 5. The van der Waals surface area contributed by atoms with E-state index >= 15 is 0 Å². The van der Waals surface area contributed by atoms with Gasteiger partial charge in [0.2, 0.25) is 5.91 Å². The lowest BCUT2D eigenvalue weighted by Gasteiger charge is -2.46. The van der Waals surface area contributed by atoms with E-state index < -0.39 is 79.4 Å². The molecule has 10 atom stereocenters. The highest BCUT2D eigenvalue weighted by Gasteiger charge is 2.50. The molecule has 4 aliphatic heterocycles. The summed E-state index contributed by atoms with van der Waals surface area (Å²) in [5.41, 5.74) is 0. The molecule has 0 aromatic rings. The Morgan fingerprint density at radius 3 is 2.09 bits per heavy atom. The zero-order valence-electron chi connectivity index (χ0n) is 25.0. The summed E-state index contributed by atoms with van der Waals surface area (Å²) in [5.74, 6) is -2.07. The molecule has 256 valence electrons. The Balaban J connectivity index is 1.25. The van der Waals surface area contributed by atoms with E-state index in [-0.39, 0.29) is 58.0 Å². The van der Waals surface area contributed by atoms with Gasteiger partial charge < -0.3 is 59.4 Å². The molecule has 0 saturated carbocycles. The first-order chi connectivity index (χ1) is 21.5. The van der Waals surface area contributed by atoms with E-state index in [1.54, 1.807) is 4.90 Å². The molecule has 0 aromatic carbocycles. The van der Waals surface area contributed by atoms with Crippen molar-refractivity contribution < 1.29 is 73.2 Å². The number of unbranched alkanes of at least 4 members (excludes halogenated alkanes) is 2. The highest BCUT2D eigenvalue weighted by atomic mass is 16.8. The summed E-state index contributed by atoms with van der Waals surface area (Å²) in [6.07, 6.45) is -12.7. The van der Waals surface area contributed by atoms with Gasteiger partial charge in [0.1, 0.15) is 36.6 Å². The summed E-state index contributed by atoms with van der Waals surface area (Å²) in [7, 11) is 0. The fraction of sp³-hybridized carbons (Fsp3) is 0.852. The highest BCUT2D eigenvalue weighted by molar-refractivity contribution is 6.01. The monoisotopic (exact) mass is 649 g/mol. The molecular weight excluding hydrogens is 606 g/mol. The first-order valence-electron chi connectivity index (χ1n) is 15.1. The van der Waals surface area contributed by atoms with E-state index in [1.807, 2.05) is 0 Å². The van der Waals surface area contributed by atoms with Crippen molar-refractivity contribution in [1.82, 2.24) is 15.3 Å². The van der Waals surface area contributed by atoms with Gasteiger partial charge in [-0.2, -0.15) is 0 Å². The van der Waals surface area contributed by atoms with Crippen LogP contribution < -0.4 is 5.32 Å². The van der Waals surface area contributed by atoms with Gasteiger partial charge in [0.15, 0.2) is 18.9 Å². The molecule has 3 amide bonds. The van der Waals surface area contributed by atoms with Crippen LogP contribution in [0.4, 0.5) is 0 Å². The Hall–Kier alpha value is -2.36. The third-order valence-corrected chi connectivity index (χ3v) is 7.92. The number of carbonyl (C=O) groups excluding carboxylic acids is 4. The van der Waals surface area contributed by atoms with Crippen molar-refractivity contribution in [3.8, 4) is 0 Å². The first kappa shape index (κ1) is 35.5. The van der Waals surface area contributed by atoms with Crippen LogP contribution in [-0.2, 0) is 47.7 Å². The molecule has 4 aliphatic rings. The van der Waals surface area contributed by atoms with Gasteiger partial charge in [-0.3, -0.25) is 19.3 Å². The zero-order chi connectivity index (χ0) is 32.7. The second-order valence-electron chi connectivity index (χ2n) is 11.4. The van der Waals surface area contributed by atoms with Gasteiger partial charge in [-0.05, 0) is 19.8 Å². The second-order valence-corrected chi connectivity index (χ2v) is 11.4. The van der Waals surface area contributed by atoms with E-state index in [0.717, 1.165) is 0 Å². The molecule has 6 N–H and O–H groups in total. The molecule has 4 heterocycles. The smallest absolute Gasteiger partial charge is 0.333 e. The van der Waals surface area contributed by atoms with Gasteiger partial charge in [0.25, 0.3) is 11.8 Å². The highest BCUT2D eigenvalue weighted by Crippen LogP contribution is 2.30. The molecular formula is C27H43N3O15. The van der Waals surface area contributed by atoms with Crippen LogP contribution in [-0.4, -0.2) is 160 Å². The Morgan fingerprint density at radius 1 is 0.800 bits per heavy atom. The SMILES string of the molecule is C[C@@H]1O[C@H]2OCCN(CC(=O)NCCCCCC(=O)ON3C(=O)CCC3=O)CCO[C@@H]3O[C@@H](O[C@@H]([C@@H]2O)[C@@H]1O)[C@@H](O)[C@@H](O)[C@@H]3O. The number of amides is 3. The third kappa shape index (κ3) is 9.35. The van der Waals surface area contributed by atoms with Crippen molar-refractivity contribution in [2.75, 3.05) is 39.4 Å². The van der Waals surface area contributed by atoms with Gasteiger partial charge >= 0.3 is 5.97 Å². The Labute approximate surface area is 259 Å². The van der Waals surface area contributed by atoms with E-state index in [1.165, 1.54) is 6.92 Å². The van der Waals surface area contributed by atoms with E-state index in [4.69, 9.17) is 28.5 Å². The largest absolute Gasteiger partial charge is 0.388 e. The number of aliphatic hydroxyl groups excluding tert-OH is 5. The average molecular weight is 650 g/mol. The number of nitrogens with one attached hydrogen (secondary N) is 1. The number of aliphatic hydroxyl groups is 5. The lowest BCUT2D eigenvalue weighted by molar-refractivity contribution is -0.383. The normalized spacial score (nSPS) is 36.8. The van der Waals surface area contributed by atoms with Gasteiger partial charge in [-0.1, -0.05) is 6.42 Å². The molecule has 18 nitrogen and oxygen atoms in total. The molecule has 0 spiro atoms. The number of nitrogens with zero attached hydrogens (tertiary/aromatic N) is 2. The molecule has 0 unspecified atom stereocenters. The van der Waals surface area contributed by atoms with Crippen LogP contribution >= 0.6 is 0 Å². The standard InChI is InChI=1S/C27H43N3O15/c1-14-19(35)24-23(39)26(42-14)41-12-10-29(9-11-40-25-21(37)20(36)22(38)27(43-24)44-25)13-15(31)28-8-4-2-3-5-18(34)45-30-16(32)6-7-17(30)33/h14,19-27,35-39H,2-13H2,1H3,(H,28,31)/t14-,19+,20-,21-,22-,23-,24+,25+,26+,27+/m0/s1. The van der Waals surface area contributed by atoms with Crippen molar-refractivity contribution in [1.29, 1.82) is 0 Å². The molecule has 18 heteroatoms. The zero-order valence-corrected chi connectivity index (χ0v) is 25.0. The van der Waals surface area contributed by atoms with Crippen molar-refractivity contribution in [2.24, 2.45) is 0 Å². The minimum atomic E-state index is -1.72. The quantitative estimate of drug-likeness (QED) is 0.104. The maximum Gasteiger partial charge on any atom is 0.333 e. The van der Waals surface area contributed by atoms with Crippen LogP contribution in [0.2, 0.25) is 0 Å². The van der Waals surface area contributed by atoms with E-state index in [2.05, 4.69) is 5.32 Å². The average Bonchev–Trinajstić information content (AvgIpc) is 3.31. The maximum atomic E-state index is 12.7. The molecule has 0 aromatic heterocycles. The summed E-state index contributed by atoms with van der Waals surface area (Å²) < 4.78 is 28.1. The minimum absolute atomic E-state index is 0.0128. The maximum absolute atomic E-state index is 12.7. The van der Waals surface area contributed by atoms with E-state index in [9.17, 15) is 44.7 Å². The molecule has 4 rings (SSSR count). The number of hydrogen-bond donors (Lipinski definition) is 6. The van der Waals surface area contributed by atoms with Crippen LogP contribution in [0, 0.1) is 0 Å².